The number of anilines is 2. The van der Waals surface area contributed by atoms with E-state index in [0.29, 0.717) is 12.5 Å². The first-order valence-electron chi connectivity index (χ1n) is 7.93. The first-order chi connectivity index (χ1) is 11.3. The second kappa shape index (κ2) is 5.83. The van der Waals surface area contributed by atoms with E-state index >= 15 is 0 Å². The van der Waals surface area contributed by atoms with Gasteiger partial charge in [-0.2, -0.15) is 9.97 Å². The van der Waals surface area contributed by atoms with Crippen LogP contribution < -0.4 is 10.2 Å². The smallest absolute Gasteiger partial charge is 0.226 e. The maximum absolute atomic E-state index is 4.61. The minimum absolute atomic E-state index is 0.607. The number of aromatic nitrogens is 5. The Morgan fingerprint density at radius 1 is 1.09 bits per heavy atom. The van der Waals surface area contributed by atoms with Gasteiger partial charge < -0.3 is 10.2 Å². The highest BCUT2D eigenvalue weighted by molar-refractivity contribution is 5.84. The van der Waals surface area contributed by atoms with Gasteiger partial charge in [0.15, 0.2) is 17.0 Å². The molecular weight excluding hydrogens is 290 g/mol. The summed E-state index contributed by atoms with van der Waals surface area (Å²) in [6.07, 6.45) is 2.39. The van der Waals surface area contributed by atoms with Crippen molar-refractivity contribution in [3.63, 3.8) is 0 Å². The van der Waals surface area contributed by atoms with E-state index in [2.05, 4.69) is 42.6 Å². The second-order valence-corrected chi connectivity index (χ2v) is 5.72. The lowest BCUT2D eigenvalue weighted by atomic mass is 10.2. The second-order valence-electron chi connectivity index (χ2n) is 5.72. The highest BCUT2D eigenvalue weighted by Gasteiger charge is 2.21. The summed E-state index contributed by atoms with van der Waals surface area (Å²) in [5.74, 6) is 1.49. The van der Waals surface area contributed by atoms with E-state index < -0.39 is 0 Å². The molecule has 1 aliphatic rings. The highest BCUT2D eigenvalue weighted by Crippen LogP contribution is 2.26. The van der Waals surface area contributed by atoms with Crippen LogP contribution in [0, 0.1) is 0 Å². The number of fused-ring (bicyclic) bond motifs is 1. The van der Waals surface area contributed by atoms with Crippen LogP contribution in [0.5, 0.6) is 0 Å². The zero-order valence-electron chi connectivity index (χ0n) is 13.1. The molecule has 0 spiro atoms. The molecule has 0 unspecified atom stereocenters. The Kier molecular flexibility index (Phi) is 3.53. The maximum atomic E-state index is 4.61. The number of hydrogen-bond donors (Lipinski definition) is 1. The normalized spacial score (nSPS) is 14.6. The molecule has 2 aromatic heterocycles. The SMILES string of the molecule is CNc1nc(N2CCCC2)c2nnn(Cc3ccccc3)c2n1. The minimum atomic E-state index is 0.607. The third kappa shape index (κ3) is 2.58. The minimum Gasteiger partial charge on any atom is -0.357 e. The number of nitrogens with zero attached hydrogens (tertiary/aromatic N) is 6. The molecule has 3 aromatic rings. The van der Waals surface area contributed by atoms with Gasteiger partial charge in [0.2, 0.25) is 5.95 Å². The molecule has 23 heavy (non-hydrogen) atoms. The van der Waals surface area contributed by atoms with Gasteiger partial charge in [0.25, 0.3) is 0 Å². The lowest BCUT2D eigenvalue weighted by Crippen LogP contribution is -2.20. The number of benzene rings is 1. The fourth-order valence-electron chi connectivity index (χ4n) is 2.97. The van der Waals surface area contributed by atoms with Crippen molar-refractivity contribution in [3.05, 3.63) is 35.9 Å². The Hall–Kier alpha value is -2.70. The number of hydrogen-bond acceptors (Lipinski definition) is 6. The molecule has 0 amide bonds. The molecule has 118 valence electrons. The van der Waals surface area contributed by atoms with Gasteiger partial charge in [0.05, 0.1) is 6.54 Å². The molecule has 3 heterocycles. The van der Waals surface area contributed by atoms with Crippen molar-refractivity contribution < 1.29 is 0 Å². The third-order valence-electron chi connectivity index (χ3n) is 4.15. The van der Waals surface area contributed by atoms with Crippen LogP contribution >= 0.6 is 0 Å². The van der Waals surface area contributed by atoms with Crippen molar-refractivity contribution >= 4 is 22.9 Å². The Morgan fingerprint density at radius 3 is 2.61 bits per heavy atom. The number of nitrogens with one attached hydrogen (secondary N) is 1. The standard InChI is InChI=1S/C16H19N7/c1-17-16-18-14(22-9-5-6-10-22)13-15(19-16)23(21-20-13)11-12-7-3-2-4-8-12/h2-4,7-8H,5-6,9-11H2,1H3,(H,17,18,19). The Balaban J connectivity index is 1.79. The quantitative estimate of drug-likeness (QED) is 0.794. The fourth-order valence-corrected chi connectivity index (χ4v) is 2.97. The van der Waals surface area contributed by atoms with Crippen molar-refractivity contribution in [1.82, 2.24) is 25.0 Å². The topological polar surface area (TPSA) is 71.8 Å². The Bertz CT molecular complexity index is 806. The molecule has 1 fully saturated rings. The van der Waals surface area contributed by atoms with Gasteiger partial charge in [0.1, 0.15) is 0 Å². The number of rotatable bonds is 4. The lowest BCUT2D eigenvalue weighted by Gasteiger charge is -2.17. The summed E-state index contributed by atoms with van der Waals surface area (Å²) in [6, 6.07) is 10.2. The van der Waals surface area contributed by atoms with Crippen LogP contribution in [0.1, 0.15) is 18.4 Å². The van der Waals surface area contributed by atoms with E-state index in [4.69, 9.17) is 0 Å². The van der Waals surface area contributed by atoms with Crippen LogP contribution in [0.2, 0.25) is 0 Å². The van der Waals surface area contributed by atoms with E-state index in [1.165, 1.54) is 18.4 Å². The molecule has 7 heteroatoms. The average molecular weight is 309 g/mol. The third-order valence-corrected chi connectivity index (χ3v) is 4.15. The van der Waals surface area contributed by atoms with Crippen LogP contribution in [-0.2, 0) is 6.54 Å². The van der Waals surface area contributed by atoms with Gasteiger partial charge in [-0.1, -0.05) is 35.5 Å². The van der Waals surface area contributed by atoms with E-state index in [1.54, 1.807) is 0 Å². The summed E-state index contributed by atoms with van der Waals surface area (Å²) >= 11 is 0. The molecule has 7 nitrogen and oxygen atoms in total. The summed E-state index contributed by atoms with van der Waals surface area (Å²) in [5.41, 5.74) is 2.73. The van der Waals surface area contributed by atoms with Gasteiger partial charge in [-0.25, -0.2) is 4.68 Å². The van der Waals surface area contributed by atoms with E-state index in [1.807, 2.05) is 29.9 Å². The summed E-state index contributed by atoms with van der Waals surface area (Å²) < 4.78 is 1.84. The van der Waals surface area contributed by atoms with Crippen LogP contribution in [0.4, 0.5) is 11.8 Å². The van der Waals surface area contributed by atoms with Crippen molar-refractivity contribution in [1.29, 1.82) is 0 Å². The van der Waals surface area contributed by atoms with E-state index in [-0.39, 0.29) is 0 Å². The molecule has 1 aliphatic heterocycles. The van der Waals surface area contributed by atoms with Crippen LogP contribution in [0.15, 0.2) is 30.3 Å². The first-order valence-corrected chi connectivity index (χ1v) is 7.93. The summed E-state index contributed by atoms with van der Waals surface area (Å²) in [6.45, 7) is 2.68. The largest absolute Gasteiger partial charge is 0.357 e. The molecule has 0 radical (unpaired) electrons. The molecule has 0 bridgehead atoms. The lowest BCUT2D eigenvalue weighted by molar-refractivity contribution is 0.664. The van der Waals surface area contributed by atoms with Gasteiger partial charge in [-0.05, 0) is 18.4 Å². The van der Waals surface area contributed by atoms with Gasteiger partial charge in [-0.15, -0.1) is 5.10 Å². The van der Waals surface area contributed by atoms with Crippen molar-refractivity contribution in [2.24, 2.45) is 0 Å². The Labute approximate surface area is 134 Å². The molecule has 0 saturated carbocycles. The van der Waals surface area contributed by atoms with Crippen LogP contribution in [0.3, 0.4) is 0 Å². The van der Waals surface area contributed by atoms with Crippen molar-refractivity contribution in [2.45, 2.75) is 19.4 Å². The molecule has 0 aliphatic carbocycles. The summed E-state index contributed by atoms with van der Waals surface area (Å²) in [7, 11) is 1.83. The predicted molar refractivity (Wildman–Crippen MR) is 89.7 cm³/mol. The molecule has 1 saturated heterocycles. The van der Waals surface area contributed by atoms with Crippen molar-refractivity contribution in [2.75, 3.05) is 30.4 Å². The molecule has 1 aromatic carbocycles. The van der Waals surface area contributed by atoms with Crippen LogP contribution in [-0.4, -0.2) is 45.1 Å². The monoisotopic (exact) mass is 309 g/mol. The summed E-state index contributed by atoms with van der Waals surface area (Å²) in [4.78, 5) is 11.5. The van der Waals surface area contributed by atoms with E-state index in [0.717, 1.165) is 30.1 Å². The van der Waals surface area contributed by atoms with Crippen molar-refractivity contribution in [3.8, 4) is 0 Å². The van der Waals surface area contributed by atoms with Gasteiger partial charge >= 0.3 is 0 Å². The zero-order valence-corrected chi connectivity index (χ0v) is 13.1. The highest BCUT2D eigenvalue weighted by atomic mass is 15.5. The first kappa shape index (κ1) is 13.9. The maximum Gasteiger partial charge on any atom is 0.226 e. The summed E-state index contributed by atoms with van der Waals surface area (Å²) in [5, 5.41) is 11.7. The van der Waals surface area contributed by atoms with Gasteiger partial charge in [-0.3, -0.25) is 0 Å². The average Bonchev–Trinajstić information content (AvgIpc) is 3.25. The Morgan fingerprint density at radius 2 is 1.87 bits per heavy atom. The van der Waals surface area contributed by atoms with Crippen LogP contribution in [0.25, 0.3) is 11.2 Å². The molecule has 4 rings (SSSR count). The molecule has 0 atom stereocenters. The molecule has 1 N–H and O–H groups in total. The fraction of sp³-hybridized carbons (Fsp3) is 0.375. The predicted octanol–water partition coefficient (Wildman–Crippen LogP) is 1.91. The zero-order chi connectivity index (χ0) is 15.6. The molecular formula is C16H19N7. The van der Waals surface area contributed by atoms with Gasteiger partial charge in [0, 0.05) is 20.1 Å². The van der Waals surface area contributed by atoms with E-state index in [9.17, 15) is 0 Å².